The molecule has 6 nitrogen and oxygen atoms in total. The number of furan rings is 1. The molecule has 0 saturated carbocycles. The third kappa shape index (κ3) is 3.57. The van der Waals surface area contributed by atoms with Crippen molar-refractivity contribution in [2.45, 2.75) is 12.8 Å². The van der Waals surface area contributed by atoms with E-state index in [1.807, 2.05) is 0 Å². The number of carbonyl (C=O) groups excluding carboxylic acids is 2. The number of halogens is 1. The minimum atomic E-state index is -0.719. The number of nitrogens with zero attached hydrogens (tertiary/aromatic N) is 2. The number of H-pyrrole nitrogens is 1. The van der Waals surface area contributed by atoms with Crippen LogP contribution in [0.5, 0.6) is 0 Å². The number of hydrogen-bond donors (Lipinski definition) is 1. The topological polar surface area (TPSA) is 88.8 Å². The largest absolute Gasteiger partial charge is 0.469 e. The summed E-state index contributed by atoms with van der Waals surface area (Å²) in [6, 6.07) is 7.78. The summed E-state index contributed by atoms with van der Waals surface area (Å²) in [5.74, 6) is -1.07. The number of aromatic amines is 1. The number of ketones is 2. The van der Waals surface area contributed by atoms with E-state index in [0.29, 0.717) is 17.7 Å². The van der Waals surface area contributed by atoms with E-state index in [9.17, 15) is 14.0 Å². The van der Waals surface area contributed by atoms with Crippen molar-refractivity contribution in [2.75, 3.05) is 0 Å². The third-order valence-electron chi connectivity index (χ3n) is 3.25. The van der Waals surface area contributed by atoms with Gasteiger partial charge in [-0.2, -0.15) is 5.10 Å². The number of aromatic nitrogens is 3. The summed E-state index contributed by atoms with van der Waals surface area (Å²) in [7, 11) is 0. The van der Waals surface area contributed by atoms with Crippen LogP contribution in [0.3, 0.4) is 0 Å². The first-order chi connectivity index (χ1) is 11.1. The van der Waals surface area contributed by atoms with Crippen LogP contribution >= 0.6 is 0 Å². The summed E-state index contributed by atoms with van der Waals surface area (Å²) in [4.78, 5) is 27.3. The number of carbonyl (C=O) groups is 2. The molecule has 0 saturated heterocycles. The zero-order chi connectivity index (χ0) is 16.2. The van der Waals surface area contributed by atoms with E-state index in [4.69, 9.17) is 4.42 Å². The Morgan fingerprint density at radius 3 is 2.65 bits per heavy atom. The summed E-state index contributed by atoms with van der Waals surface area (Å²) in [6.07, 6.45) is 3.00. The number of benzene rings is 1. The molecule has 0 amide bonds. The molecule has 0 atom stereocenters. The van der Waals surface area contributed by atoms with Gasteiger partial charge in [-0.05, 0) is 29.3 Å². The Hall–Kier alpha value is -3.09. The van der Waals surface area contributed by atoms with E-state index >= 15 is 0 Å². The zero-order valence-corrected chi connectivity index (χ0v) is 12.0. The molecule has 116 valence electrons. The number of rotatable bonds is 6. The average molecular weight is 313 g/mol. The number of hydrogen-bond acceptors (Lipinski definition) is 5. The molecule has 0 aliphatic carbocycles. The molecule has 0 bridgehead atoms. The van der Waals surface area contributed by atoms with Gasteiger partial charge in [-0.1, -0.05) is 12.1 Å². The summed E-state index contributed by atoms with van der Waals surface area (Å²) < 4.78 is 18.2. The van der Waals surface area contributed by atoms with Gasteiger partial charge in [0.05, 0.1) is 6.26 Å². The van der Waals surface area contributed by atoms with Crippen LogP contribution in [-0.2, 0) is 17.6 Å². The lowest BCUT2D eigenvalue weighted by Crippen LogP contribution is -2.17. The fourth-order valence-corrected chi connectivity index (χ4v) is 2.13. The first-order valence-corrected chi connectivity index (χ1v) is 6.85. The molecule has 0 spiro atoms. The van der Waals surface area contributed by atoms with Gasteiger partial charge in [-0.25, -0.2) is 9.37 Å². The third-order valence-corrected chi connectivity index (χ3v) is 3.25. The second-order valence-corrected chi connectivity index (χ2v) is 4.99. The number of nitrogens with one attached hydrogen (secondary N) is 1. The first kappa shape index (κ1) is 14.8. The standard InChI is InChI=1S/C16H12FN3O3/c17-12-3-1-10(2-4-12)5-13-6-11(8-23-13)7-14(21)15(22)16-18-9-19-20-16/h1-4,6,8-9H,5,7H2,(H,18,19,20). The highest BCUT2D eigenvalue weighted by Gasteiger charge is 2.20. The van der Waals surface area contributed by atoms with Crippen molar-refractivity contribution in [3.8, 4) is 0 Å². The molecule has 0 radical (unpaired) electrons. The lowest BCUT2D eigenvalue weighted by Gasteiger charge is -1.97. The second kappa shape index (κ2) is 6.35. The molecule has 0 unspecified atom stereocenters. The Kier molecular flexibility index (Phi) is 4.09. The van der Waals surface area contributed by atoms with Crippen molar-refractivity contribution in [1.29, 1.82) is 0 Å². The van der Waals surface area contributed by atoms with Crippen molar-refractivity contribution in [3.05, 3.63) is 71.5 Å². The zero-order valence-electron chi connectivity index (χ0n) is 12.0. The van der Waals surface area contributed by atoms with E-state index in [1.54, 1.807) is 18.2 Å². The molecule has 0 aliphatic heterocycles. The van der Waals surface area contributed by atoms with Crippen LogP contribution in [0.15, 0.2) is 47.3 Å². The van der Waals surface area contributed by atoms with Gasteiger partial charge in [0.25, 0.3) is 5.78 Å². The van der Waals surface area contributed by atoms with Crippen LogP contribution in [0.4, 0.5) is 4.39 Å². The first-order valence-electron chi connectivity index (χ1n) is 6.85. The molecule has 0 fully saturated rings. The van der Waals surface area contributed by atoms with Crippen molar-refractivity contribution >= 4 is 11.6 Å². The van der Waals surface area contributed by atoms with Crippen LogP contribution in [0, 0.1) is 5.82 Å². The molecular formula is C16H12FN3O3. The predicted molar refractivity (Wildman–Crippen MR) is 77.3 cm³/mol. The van der Waals surface area contributed by atoms with Gasteiger partial charge < -0.3 is 4.42 Å². The van der Waals surface area contributed by atoms with Crippen molar-refractivity contribution in [1.82, 2.24) is 15.2 Å². The van der Waals surface area contributed by atoms with Crippen LogP contribution < -0.4 is 0 Å². The highest BCUT2D eigenvalue weighted by Crippen LogP contribution is 2.15. The number of Topliss-reactive ketones (excluding diaryl/α,β-unsaturated/α-hetero) is 2. The minimum absolute atomic E-state index is 0.0769. The van der Waals surface area contributed by atoms with Crippen LogP contribution in [0.25, 0.3) is 0 Å². The van der Waals surface area contributed by atoms with E-state index < -0.39 is 11.6 Å². The minimum Gasteiger partial charge on any atom is -0.469 e. The molecular weight excluding hydrogens is 301 g/mol. The van der Waals surface area contributed by atoms with Crippen molar-refractivity contribution < 1.29 is 18.4 Å². The summed E-state index contributed by atoms with van der Waals surface area (Å²) >= 11 is 0. The van der Waals surface area contributed by atoms with Gasteiger partial charge in [-0.15, -0.1) is 0 Å². The second-order valence-electron chi connectivity index (χ2n) is 4.99. The summed E-state index contributed by atoms with van der Waals surface area (Å²) in [5, 5.41) is 5.90. The highest BCUT2D eigenvalue weighted by molar-refractivity contribution is 6.43. The average Bonchev–Trinajstić information content (AvgIpc) is 3.21. The van der Waals surface area contributed by atoms with Gasteiger partial charge in [0, 0.05) is 12.8 Å². The smallest absolute Gasteiger partial charge is 0.265 e. The Morgan fingerprint density at radius 1 is 1.17 bits per heavy atom. The lowest BCUT2D eigenvalue weighted by atomic mass is 10.1. The highest BCUT2D eigenvalue weighted by atomic mass is 19.1. The van der Waals surface area contributed by atoms with Crippen molar-refractivity contribution in [3.63, 3.8) is 0 Å². The Morgan fingerprint density at radius 2 is 1.96 bits per heavy atom. The van der Waals surface area contributed by atoms with Crippen LogP contribution in [-0.4, -0.2) is 26.7 Å². The maximum Gasteiger partial charge on any atom is 0.265 e. The van der Waals surface area contributed by atoms with Gasteiger partial charge in [0.15, 0.2) is 5.82 Å². The fraction of sp³-hybridized carbons (Fsp3) is 0.125. The molecule has 0 aliphatic rings. The van der Waals surface area contributed by atoms with E-state index in [0.717, 1.165) is 5.56 Å². The maximum absolute atomic E-state index is 12.9. The molecule has 3 rings (SSSR count). The van der Waals surface area contributed by atoms with Crippen LogP contribution in [0.2, 0.25) is 0 Å². The molecule has 2 heterocycles. The summed E-state index contributed by atoms with van der Waals surface area (Å²) in [6.45, 7) is 0. The molecule has 7 heteroatoms. The quantitative estimate of drug-likeness (QED) is 0.556. The van der Waals surface area contributed by atoms with Gasteiger partial charge in [0.1, 0.15) is 17.9 Å². The van der Waals surface area contributed by atoms with Gasteiger partial charge in [0.2, 0.25) is 5.78 Å². The van der Waals surface area contributed by atoms with Gasteiger partial charge in [-0.3, -0.25) is 14.7 Å². The predicted octanol–water partition coefficient (Wildman–Crippen LogP) is 2.12. The summed E-state index contributed by atoms with van der Waals surface area (Å²) in [5.41, 5.74) is 1.48. The monoisotopic (exact) mass is 313 g/mol. The molecule has 3 aromatic rings. The maximum atomic E-state index is 12.9. The van der Waals surface area contributed by atoms with E-state index in [1.165, 1.54) is 24.7 Å². The fourth-order valence-electron chi connectivity index (χ4n) is 2.13. The Labute approximate surface area is 130 Å². The molecule has 23 heavy (non-hydrogen) atoms. The molecule has 1 aromatic carbocycles. The Bertz CT molecular complexity index is 823. The Balaban J connectivity index is 1.64. The normalized spacial score (nSPS) is 10.7. The van der Waals surface area contributed by atoms with E-state index in [2.05, 4.69) is 15.2 Å². The van der Waals surface area contributed by atoms with E-state index in [-0.39, 0.29) is 18.1 Å². The lowest BCUT2D eigenvalue weighted by molar-refractivity contribution is -0.114. The SMILES string of the molecule is O=C(Cc1coc(Cc2ccc(F)cc2)c1)C(=O)c1ncn[nH]1. The molecule has 1 N–H and O–H groups in total. The molecule has 2 aromatic heterocycles. The van der Waals surface area contributed by atoms with Crippen molar-refractivity contribution in [2.24, 2.45) is 0 Å². The van der Waals surface area contributed by atoms with Gasteiger partial charge >= 0.3 is 0 Å². The van der Waals surface area contributed by atoms with Crippen LogP contribution in [0.1, 0.15) is 27.5 Å².